The van der Waals surface area contributed by atoms with Gasteiger partial charge in [0.05, 0.1) is 18.7 Å². The van der Waals surface area contributed by atoms with E-state index in [2.05, 4.69) is 60.2 Å². The van der Waals surface area contributed by atoms with Crippen LogP contribution in [0.5, 0.6) is 0 Å². The van der Waals surface area contributed by atoms with E-state index < -0.39 is 0 Å². The van der Waals surface area contributed by atoms with E-state index in [1.54, 1.807) is 14.0 Å². The Hall–Kier alpha value is -2.71. The minimum atomic E-state index is -0.353. The molecule has 1 aliphatic heterocycles. The monoisotopic (exact) mass is 529 g/mol. The Bertz CT molecular complexity index is 1060. The Balaban J connectivity index is 0.000000548. The molecule has 8 heteroatoms. The number of hydrogen-bond donors (Lipinski definition) is 1. The van der Waals surface area contributed by atoms with Crippen LogP contribution in [0.3, 0.4) is 0 Å². The van der Waals surface area contributed by atoms with Crippen molar-refractivity contribution in [1.82, 2.24) is 19.4 Å². The summed E-state index contributed by atoms with van der Waals surface area (Å²) in [6, 6.07) is 8.49. The number of ether oxygens (including phenoxy) is 1. The molecule has 0 atom stereocenters. The maximum Gasteiger partial charge on any atom is 0.332 e. The highest BCUT2D eigenvalue weighted by Gasteiger charge is 2.16. The first-order chi connectivity index (χ1) is 18.3. The second kappa shape index (κ2) is 18.5. The standard InChI is InChI=1S/C19H33N5O3.C9H12.C2H6/c1-5-6-13-27-14-12-24-18(25)15(2)17(22(4)19(24)26)21-16(3)23-10-7-8-20-9-11-23;1-3-9-7-5-4-6-8(9)2;1-2/h20H,5-14H2,1-4H3;4-7H,3H2,1-2H3;1-2H3/b21-16+;;. The molecule has 1 saturated heterocycles. The normalized spacial score (nSPS) is 13.7. The first-order valence-electron chi connectivity index (χ1n) is 14.2. The lowest BCUT2D eigenvalue weighted by molar-refractivity contribution is 0.121. The molecule has 0 spiro atoms. The quantitative estimate of drug-likeness (QED) is 0.307. The summed E-state index contributed by atoms with van der Waals surface area (Å²) in [5.74, 6) is 1.26. The Labute approximate surface area is 229 Å². The summed E-state index contributed by atoms with van der Waals surface area (Å²) < 4.78 is 8.21. The van der Waals surface area contributed by atoms with Crippen molar-refractivity contribution >= 4 is 11.7 Å². The van der Waals surface area contributed by atoms with Gasteiger partial charge in [0.15, 0.2) is 0 Å². The highest BCUT2D eigenvalue weighted by Crippen LogP contribution is 2.13. The van der Waals surface area contributed by atoms with E-state index in [0.717, 1.165) is 57.7 Å². The second-order valence-electron chi connectivity index (χ2n) is 9.24. The van der Waals surface area contributed by atoms with Crippen LogP contribution in [-0.4, -0.2) is 59.3 Å². The van der Waals surface area contributed by atoms with E-state index in [1.165, 1.54) is 20.3 Å². The van der Waals surface area contributed by atoms with Crippen LogP contribution in [0.4, 0.5) is 5.82 Å². The second-order valence-corrected chi connectivity index (χ2v) is 9.24. The highest BCUT2D eigenvalue weighted by molar-refractivity contribution is 5.82. The molecule has 0 aliphatic carbocycles. The van der Waals surface area contributed by atoms with Gasteiger partial charge in [-0.3, -0.25) is 13.9 Å². The van der Waals surface area contributed by atoms with E-state index >= 15 is 0 Å². The molecule has 1 aromatic heterocycles. The summed E-state index contributed by atoms with van der Waals surface area (Å²) in [7, 11) is 1.67. The first-order valence-corrected chi connectivity index (χ1v) is 14.2. The van der Waals surface area contributed by atoms with Gasteiger partial charge < -0.3 is 15.0 Å². The average Bonchev–Trinajstić information content (AvgIpc) is 3.23. The third-order valence-corrected chi connectivity index (χ3v) is 6.55. The molecule has 1 fully saturated rings. The summed E-state index contributed by atoms with van der Waals surface area (Å²) in [5.41, 5.74) is 2.70. The lowest BCUT2D eigenvalue weighted by atomic mass is 10.1. The molecule has 1 aliphatic rings. The SMILES string of the molecule is CC.CCCCOCCn1c(=O)c(C)c(/N=C(\C)N2CCCNCC2)n(C)c1=O.CCc1ccccc1C. The van der Waals surface area contributed by atoms with Crippen LogP contribution in [0.15, 0.2) is 38.8 Å². The van der Waals surface area contributed by atoms with Gasteiger partial charge in [-0.15, -0.1) is 0 Å². The Morgan fingerprint density at radius 2 is 1.76 bits per heavy atom. The molecular formula is C30H51N5O3. The molecule has 2 aromatic rings. The number of aryl methyl sites for hydroxylation is 2. The number of nitrogens with one attached hydrogen (secondary N) is 1. The number of aromatic nitrogens is 2. The van der Waals surface area contributed by atoms with E-state index in [4.69, 9.17) is 4.74 Å². The van der Waals surface area contributed by atoms with Crippen LogP contribution in [0, 0.1) is 13.8 Å². The third-order valence-electron chi connectivity index (χ3n) is 6.55. The number of aliphatic imine (C=N–C) groups is 1. The predicted octanol–water partition coefficient (Wildman–Crippen LogP) is 4.60. The molecule has 0 bridgehead atoms. The summed E-state index contributed by atoms with van der Waals surface area (Å²) in [6.07, 6.45) is 4.22. The van der Waals surface area contributed by atoms with Gasteiger partial charge in [0, 0.05) is 33.3 Å². The molecule has 0 unspecified atom stereocenters. The third kappa shape index (κ3) is 10.2. The molecule has 8 nitrogen and oxygen atoms in total. The zero-order chi connectivity index (χ0) is 28.5. The zero-order valence-electron chi connectivity index (χ0n) is 25.1. The van der Waals surface area contributed by atoms with Crippen LogP contribution < -0.4 is 16.6 Å². The lowest BCUT2D eigenvalue weighted by Gasteiger charge is -2.22. The highest BCUT2D eigenvalue weighted by atomic mass is 16.5. The van der Waals surface area contributed by atoms with Gasteiger partial charge in [-0.2, -0.15) is 0 Å². The van der Waals surface area contributed by atoms with Gasteiger partial charge >= 0.3 is 5.69 Å². The number of rotatable bonds is 8. The first kappa shape index (κ1) is 33.3. The molecular weight excluding hydrogens is 478 g/mol. The number of unbranched alkanes of at least 4 members (excludes halogenated alkanes) is 1. The van der Waals surface area contributed by atoms with Gasteiger partial charge in [-0.25, -0.2) is 9.79 Å². The summed E-state index contributed by atoms with van der Waals surface area (Å²) in [4.78, 5) is 32.2. The van der Waals surface area contributed by atoms with Crippen LogP contribution in [-0.2, 0) is 24.8 Å². The zero-order valence-corrected chi connectivity index (χ0v) is 25.1. The van der Waals surface area contributed by atoms with Gasteiger partial charge in [0.1, 0.15) is 11.7 Å². The molecule has 38 heavy (non-hydrogen) atoms. The molecule has 0 amide bonds. The lowest BCUT2D eigenvalue weighted by Crippen LogP contribution is -2.41. The van der Waals surface area contributed by atoms with Gasteiger partial charge in [-0.1, -0.05) is 58.4 Å². The van der Waals surface area contributed by atoms with Crippen molar-refractivity contribution in [3.8, 4) is 0 Å². The average molecular weight is 530 g/mol. The molecule has 2 heterocycles. The van der Waals surface area contributed by atoms with E-state index in [0.29, 0.717) is 24.6 Å². The topological polar surface area (TPSA) is 80.9 Å². The Morgan fingerprint density at radius 3 is 2.39 bits per heavy atom. The smallest absolute Gasteiger partial charge is 0.332 e. The van der Waals surface area contributed by atoms with Crippen molar-refractivity contribution in [2.45, 2.75) is 80.7 Å². The molecule has 1 N–H and O–H groups in total. The summed E-state index contributed by atoms with van der Waals surface area (Å²) >= 11 is 0. The van der Waals surface area contributed by atoms with Gasteiger partial charge in [0.2, 0.25) is 0 Å². The minimum Gasteiger partial charge on any atom is -0.380 e. The van der Waals surface area contributed by atoms with Crippen molar-refractivity contribution in [1.29, 1.82) is 0 Å². The maximum atomic E-state index is 12.7. The fraction of sp³-hybridized carbons (Fsp3) is 0.633. The fourth-order valence-corrected chi connectivity index (χ4v) is 4.17. The van der Waals surface area contributed by atoms with E-state index in [9.17, 15) is 9.59 Å². The molecule has 0 saturated carbocycles. The number of nitrogens with zero attached hydrogens (tertiary/aromatic N) is 4. The van der Waals surface area contributed by atoms with Crippen molar-refractivity contribution in [2.75, 3.05) is 39.4 Å². The van der Waals surface area contributed by atoms with Crippen molar-refractivity contribution in [3.05, 3.63) is 61.8 Å². The van der Waals surface area contributed by atoms with Crippen molar-refractivity contribution in [2.24, 2.45) is 12.0 Å². The van der Waals surface area contributed by atoms with Crippen molar-refractivity contribution in [3.63, 3.8) is 0 Å². The molecule has 1 aromatic carbocycles. The summed E-state index contributed by atoms with van der Waals surface area (Å²) in [6.45, 7) is 19.1. The Morgan fingerprint density at radius 1 is 1.05 bits per heavy atom. The molecule has 0 radical (unpaired) electrons. The number of amidine groups is 1. The van der Waals surface area contributed by atoms with E-state index in [-0.39, 0.29) is 17.8 Å². The van der Waals surface area contributed by atoms with Crippen LogP contribution in [0.2, 0.25) is 0 Å². The minimum absolute atomic E-state index is 0.261. The number of benzene rings is 1. The van der Waals surface area contributed by atoms with Crippen molar-refractivity contribution < 1.29 is 4.74 Å². The van der Waals surface area contributed by atoms with Crippen LogP contribution in [0.25, 0.3) is 0 Å². The maximum absolute atomic E-state index is 12.7. The predicted molar refractivity (Wildman–Crippen MR) is 160 cm³/mol. The fourth-order valence-electron chi connectivity index (χ4n) is 4.17. The van der Waals surface area contributed by atoms with Crippen LogP contribution >= 0.6 is 0 Å². The largest absolute Gasteiger partial charge is 0.380 e. The van der Waals surface area contributed by atoms with E-state index in [1.807, 2.05) is 20.8 Å². The van der Waals surface area contributed by atoms with Crippen LogP contribution in [0.1, 0.15) is 70.6 Å². The van der Waals surface area contributed by atoms with Gasteiger partial charge in [-0.05, 0) is 57.7 Å². The van der Waals surface area contributed by atoms with Gasteiger partial charge in [0.25, 0.3) is 5.56 Å². The summed E-state index contributed by atoms with van der Waals surface area (Å²) in [5, 5.41) is 3.36. The molecule has 3 rings (SSSR count). The Kier molecular flexibility index (Phi) is 16.2. The molecule has 214 valence electrons. The number of hydrogen-bond acceptors (Lipinski definition) is 5.